The third-order valence-corrected chi connectivity index (χ3v) is 4.54. The van der Waals surface area contributed by atoms with Gasteiger partial charge in [-0.25, -0.2) is 0 Å². The van der Waals surface area contributed by atoms with Gasteiger partial charge in [0, 0.05) is 4.47 Å². The van der Waals surface area contributed by atoms with E-state index < -0.39 is 0 Å². The molecule has 1 N–H and O–H groups in total. The highest BCUT2D eigenvalue weighted by atomic mass is 79.9. The third kappa shape index (κ3) is 4.07. The summed E-state index contributed by atoms with van der Waals surface area (Å²) >= 11 is 10.5. The molecule has 2 rings (SSSR count). The van der Waals surface area contributed by atoms with Crippen LogP contribution >= 0.6 is 47.8 Å². The van der Waals surface area contributed by atoms with E-state index in [1.165, 1.54) is 5.56 Å². The molecule has 2 nitrogen and oxygen atoms in total. The number of hydrogen-bond donors (Lipinski definition) is 1. The van der Waals surface area contributed by atoms with E-state index in [1.54, 1.807) is 0 Å². The van der Waals surface area contributed by atoms with Gasteiger partial charge >= 0.3 is 0 Å². The van der Waals surface area contributed by atoms with Crippen molar-refractivity contribution in [2.24, 2.45) is 0 Å². The van der Waals surface area contributed by atoms with Gasteiger partial charge in [0.25, 0.3) is 0 Å². The lowest BCUT2D eigenvalue weighted by Gasteiger charge is -2.19. The van der Waals surface area contributed by atoms with E-state index in [2.05, 4.69) is 65.2 Å². The summed E-state index contributed by atoms with van der Waals surface area (Å²) in [6.07, 6.45) is 0. The lowest BCUT2D eigenvalue weighted by atomic mass is 10.1. The summed E-state index contributed by atoms with van der Waals surface area (Å²) in [5.74, 6) is 0.810. The van der Waals surface area contributed by atoms with Gasteiger partial charge in [0.2, 0.25) is 0 Å². The molecular formula is C15H14Br3NO. The average molecular weight is 464 g/mol. The topological polar surface area (TPSA) is 21.3 Å². The Morgan fingerprint density at radius 1 is 1.05 bits per heavy atom. The van der Waals surface area contributed by atoms with Gasteiger partial charge in [0.1, 0.15) is 12.4 Å². The highest BCUT2D eigenvalue weighted by Gasteiger charge is 2.13. The van der Waals surface area contributed by atoms with Crippen LogP contribution in [-0.2, 0) is 0 Å². The van der Waals surface area contributed by atoms with Crippen LogP contribution in [0.5, 0.6) is 5.75 Å². The third-order valence-electron chi connectivity index (χ3n) is 2.91. The number of ether oxygens (including phenoxy) is 1. The predicted octanol–water partition coefficient (Wildman–Crippen LogP) is 5.31. The number of halogens is 3. The van der Waals surface area contributed by atoms with Crippen LogP contribution in [0.2, 0.25) is 0 Å². The lowest BCUT2D eigenvalue weighted by molar-refractivity contribution is 0.270. The fourth-order valence-electron chi connectivity index (χ4n) is 1.87. The van der Waals surface area contributed by atoms with Crippen molar-refractivity contribution in [2.75, 3.05) is 13.7 Å². The maximum absolute atomic E-state index is 5.95. The van der Waals surface area contributed by atoms with Crippen LogP contribution in [0.4, 0.5) is 0 Å². The van der Waals surface area contributed by atoms with Gasteiger partial charge < -0.3 is 10.1 Å². The van der Waals surface area contributed by atoms with Crippen molar-refractivity contribution >= 4 is 47.8 Å². The minimum Gasteiger partial charge on any atom is -0.489 e. The van der Waals surface area contributed by atoms with Crippen LogP contribution in [-0.4, -0.2) is 13.7 Å². The standard InChI is InChI=1S/C15H14Br3NO/c1-19-14(10-5-3-2-4-6-10)9-20-15-12(17)7-11(16)8-13(15)18/h2-8,14,19H,9H2,1H3. The molecule has 20 heavy (non-hydrogen) atoms. The first-order chi connectivity index (χ1) is 9.61. The Hall–Kier alpha value is -0.360. The number of likely N-dealkylation sites (N-methyl/N-ethyl adjacent to an activating group) is 1. The Morgan fingerprint density at radius 2 is 1.65 bits per heavy atom. The van der Waals surface area contributed by atoms with Gasteiger partial charge in [0.05, 0.1) is 15.0 Å². The molecule has 0 aliphatic rings. The average Bonchev–Trinajstić information content (AvgIpc) is 2.43. The summed E-state index contributed by atoms with van der Waals surface area (Å²) in [5.41, 5.74) is 1.21. The fourth-order valence-corrected chi connectivity index (χ4v) is 4.35. The van der Waals surface area contributed by atoms with Gasteiger partial charge in [-0.2, -0.15) is 0 Å². The van der Waals surface area contributed by atoms with Gasteiger partial charge in [-0.15, -0.1) is 0 Å². The van der Waals surface area contributed by atoms with Crippen LogP contribution in [0, 0.1) is 0 Å². The molecule has 0 spiro atoms. The quantitative estimate of drug-likeness (QED) is 0.648. The molecule has 5 heteroatoms. The van der Waals surface area contributed by atoms with E-state index in [-0.39, 0.29) is 6.04 Å². The predicted molar refractivity (Wildman–Crippen MR) is 93.3 cm³/mol. The molecule has 1 atom stereocenters. The number of hydrogen-bond acceptors (Lipinski definition) is 2. The molecule has 0 aromatic heterocycles. The molecule has 0 saturated carbocycles. The molecule has 1 unspecified atom stereocenters. The van der Waals surface area contributed by atoms with E-state index in [1.807, 2.05) is 37.4 Å². The largest absolute Gasteiger partial charge is 0.489 e. The lowest BCUT2D eigenvalue weighted by Crippen LogP contribution is -2.23. The van der Waals surface area contributed by atoms with Crippen molar-refractivity contribution in [3.8, 4) is 5.75 Å². The van der Waals surface area contributed by atoms with Gasteiger partial charge in [0.15, 0.2) is 0 Å². The van der Waals surface area contributed by atoms with Crippen molar-refractivity contribution in [2.45, 2.75) is 6.04 Å². The molecule has 0 heterocycles. The van der Waals surface area contributed by atoms with Crippen LogP contribution in [0.1, 0.15) is 11.6 Å². The zero-order valence-corrected chi connectivity index (χ0v) is 15.6. The summed E-state index contributed by atoms with van der Waals surface area (Å²) in [6, 6.07) is 14.4. The summed E-state index contributed by atoms with van der Waals surface area (Å²) in [7, 11) is 1.94. The highest BCUT2D eigenvalue weighted by Crippen LogP contribution is 2.36. The Bertz CT molecular complexity index is 552. The summed E-state index contributed by atoms with van der Waals surface area (Å²) in [5, 5.41) is 3.27. The zero-order valence-electron chi connectivity index (χ0n) is 10.9. The van der Waals surface area contributed by atoms with Crippen LogP contribution in [0.3, 0.4) is 0 Å². The molecule has 2 aromatic rings. The van der Waals surface area contributed by atoms with E-state index in [0.717, 1.165) is 19.2 Å². The van der Waals surface area contributed by atoms with Crippen LogP contribution in [0.15, 0.2) is 55.9 Å². The maximum atomic E-state index is 5.95. The monoisotopic (exact) mass is 461 g/mol. The first-order valence-corrected chi connectivity index (χ1v) is 8.49. The van der Waals surface area contributed by atoms with Crippen LogP contribution in [0.25, 0.3) is 0 Å². The second-order valence-corrected chi connectivity index (χ2v) is 6.89. The normalized spacial score (nSPS) is 12.2. The Kier molecular flexibility index (Phi) is 6.08. The molecule has 0 radical (unpaired) electrons. The molecule has 0 bridgehead atoms. The first kappa shape index (κ1) is 16.0. The SMILES string of the molecule is CNC(COc1c(Br)cc(Br)cc1Br)c1ccccc1. The van der Waals surface area contributed by atoms with Crippen LogP contribution < -0.4 is 10.1 Å². The van der Waals surface area contributed by atoms with E-state index >= 15 is 0 Å². The number of nitrogens with one attached hydrogen (secondary N) is 1. The summed E-state index contributed by atoms with van der Waals surface area (Å²) in [6.45, 7) is 0.555. The highest BCUT2D eigenvalue weighted by molar-refractivity contribution is 9.11. The first-order valence-electron chi connectivity index (χ1n) is 6.11. The summed E-state index contributed by atoms with van der Waals surface area (Å²) < 4.78 is 8.79. The molecule has 0 aliphatic heterocycles. The fraction of sp³-hybridized carbons (Fsp3) is 0.200. The van der Waals surface area contributed by atoms with Crippen molar-refractivity contribution in [1.82, 2.24) is 5.32 Å². The van der Waals surface area contributed by atoms with Crippen molar-refractivity contribution < 1.29 is 4.74 Å². The van der Waals surface area contributed by atoms with Crippen molar-refractivity contribution in [1.29, 1.82) is 0 Å². The zero-order chi connectivity index (χ0) is 14.5. The second-order valence-electron chi connectivity index (χ2n) is 4.26. The van der Waals surface area contributed by atoms with E-state index in [4.69, 9.17) is 4.74 Å². The molecule has 0 amide bonds. The molecule has 0 saturated heterocycles. The Labute approximate surface area is 144 Å². The number of benzene rings is 2. The maximum Gasteiger partial charge on any atom is 0.147 e. The van der Waals surface area contributed by atoms with Gasteiger partial charge in [-0.3, -0.25) is 0 Å². The minimum absolute atomic E-state index is 0.152. The van der Waals surface area contributed by atoms with Crippen molar-refractivity contribution in [3.05, 3.63) is 61.4 Å². The van der Waals surface area contributed by atoms with E-state index in [9.17, 15) is 0 Å². The Morgan fingerprint density at radius 3 is 2.20 bits per heavy atom. The van der Waals surface area contributed by atoms with Crippen molar-refractivity contribution in [3.63, 3.8) is 0 Å². The molecular weight excluding hydrogens is 450 g/mol. The number of rotatable bonds is 5. The molecule has 0 fully saturated rings. The van der Waals surface area contributed by atoms with Gasteiger partial charge in [-0.1, -0.05) is 46.3 Å². The smallest absolute Gasteiger partial charge is 0.147 e. The molecule has 0 aliphatic carbocycles. The Balaban J connectivity index is 2.12. The summed E-state index contributed by atoms with van der Waals surface area (Å²) in [4.78, 5) is 0. The van der Waals surface area contributed by atoms with Gasteiger partial charge in [-0.05, 0) is 56.6 Å². The molecule has 106 valence electrons. The minimum atomic E-state index is 0.152. The van der Waals surface area contributed by atoms with E-state index in [0.29, 0.717) is 6.61 Å². The molecule has 2 aromatic carbocycles. The second kappa shape index (κ2) is 7.59.